The van der Waals surface area contributed by atoms with Crippen LogP contribution in [0.5, 0.6) is 0 Å². The molecule has 0 saturated heterocycles. The third-order valence-electron chi connectivity index (χ3n) is 3.76. The predicted octanol–water partition coefficient (Wildman–Crippen LogP) is 5.20. The molecule has 130 valence electrons. The van der Waals surface area contributed by atoms with Crippen molar-refractivity contribution in [3.05, 3.63) is 0 Å². The van der Waals surface area contributed by atoms with Crippen LogP contribution in [0.25, 0.3) is 0 Å². The van der Waals surface area contributed by atoms with Crippen molar-refractivity contribution in [2.45, 2.75) is 96.8 Å². The first kappa shape index (κ1) is 25.6. The molecule has 0 saturated carbocycles. The van der Waals surface area contributed by atoms with Gasteiger partial charge in [-0.05, 0) is 6.42 Å². The number of hydrogen-bond acceptors (Lipinski definition) is 2. The Labute approximate surface area is 167 Å². The van der Waals surface area contributed by atoms with Crippen LogP contribution >= 0.6 is 7.82 Å². The van der Waals surface area contributed by atoms with Crippen LogP contribution in [0.3, 0.4) is 0 Å². The molecule has 0 aromatic carbocycles. The van der Waals surface area contributed by atoms with Crippen LogP contribution in [0, 0.1) is 0 Å². The zero-order chi connectivity index (χ0) is 15.8. The van der Waals surface area contributed by atoms with E-state index in [0.717, 1.165) is 19.3 Å². The molecule has 0 aromatic heterocycles. The summed E-state index contributed by atoms with van der Waals surface area (Å²) in [5.74, 6) is 0. The van der Waals surface area contributed by atoms with E-state index in [4.69, 9.17) is 9.79 Å². The van der Waals surface area contributed by atoms with Gasteiger partial charge in [-0.15, -0.1) is 0 Å². The van der Waals surface area contributed by atoms with E-state index in [9.17, 15) is 4.57 Å². The summed E-state index contributed by atoms with van der Waals surface area (Å²) in [4.78, 5) is 17.0. The Balaban J connectivity index is 0. The molecule has 0 rings (SSSR count). The van der Waals surface area contributed by atoms with Gasteiger partial charge < -0.3 is 9.79 Å². The maximum Gasteiger partial charge on any atom is 0.469 e. The molecule has 2 N–H and O–H groups in total. The van der Waals surface area contributed by atoms with E-state index in [1.54, 1.807) is 0 Å². The largest absolute Gasteiger partial charge is 0.469 e. The molecule has 0 aliphatic carbocycles. The standard InChI is InChI=1S/C16H35O4P.Ca/c1-2-3-4-5-6-7-8-9-10-11-12-13-14-15-16-20-21(17,18)19;/h2-16H2,1H3,(H2,17,18,19);. The number of hydrogen-bond donors (Lipinski definition) is 2. The summed E-state index contributed by atoms with van der Waals surface area (Å²) in [6, 6.07) is 0. The van der Waals surface area contributed by atoms with Gasteiger partial charge in [-0.1, -0.05) is 90.4 Å². The second-order valence-electron chi connectivity index (χ2n) is 5.92. The van der Waals surface area contributed by atoms with Crippen LogP contribution in [0.2, 0.25) is 0 Å². The summed E-state index contributed by atoms with van der Waals surface area (Å²) in [5.41, 5.74) is 0. The molecule has 2 radical (unpaired) electrons. The summed E-state index contributed by atoms with van der Waals surface area (Å²) < 4.78 is 14.8. The number of rotatable bonds is 16. The van der Waals surface area contributed by atoms with Crippen LogP contribution < -0.4 is 0 Å². The minimum absolute atomic E-state index is 0. The molecule has 0 spiro atoms. The molecule has 0 fully saturated rings. The SMILES string of the molecule is CCCCCCCCCCCCCCCCOP(=O)(O)O.[Ca]. The molecule has 0 aliphatic heterocycles. The van der Waals surface area contributed by atoms with E-state index in [1.165, 1.54) is 70.6 Å². The second-order valence-corrected chi connectivity index (χ2v) is 7.16. The topological polar surface area (TPSA) is 66.8 Å². The minimum atomic E-state index is -4.25. The van der Waals surface area contributed by atoms with Gasteiger partial charge in [0, 0.05) is 37.7 Å². The summed E-state index contributed by atoms with van der Waals surface area (Å²) in [6.45, 7) is 2.42. The smallest absolute Gasteiger partial charge is 0.303 e. The molecule has 0 bridgehead atoms. The molecule has 0 atom stereocenters. The molecule has 0 unspecified atom stereocenters. The average Bonchev–Trinajstić information content (AvgIpc) is 2.42. The number of unbranched alkanes of at least 4 members (excludes halogenated alkanes) is 13. The summed E-state index contributed by atoms with van der Waals surface area (Å²) in [6.07, 6.45) is 17.8. The van der Waals surface area contributed by atoms with E-state index in [0.29, 0.717) is 0 Å². The van der Waals surface area contributed by atoms with Crippen molar-refractivity contribution in [1.82, 2.24) is 0 Å². The van der Waals surface area contributed by atoms with Crippen LogP contribution in [0.1, 0.15) is 96.8 Å². The number of phosphoric ester groups is 1. The molecule has 0 amide bonds. The predicted molar refractivity (Wildman–Crippen MR) is 94.1 cm³/mol. The zero-order valence-corrected chi connectivity index (χ0v) is 17.6. The van der Waals surface area contributed by atoms with Gasteiger partial charge >= 0.3 is 7.82 Å². The fourth-order valence-electron chi connectivity index (χ4n) is 2.48. The Hall–Kier alpha value is 1.37. The van der Waals surface area contributed by atoms with Crippen molar-refractivity contribution < 1.29 is 18.9 Å². The Morgan fingerprint density at radius 2 is 1.00 bits per heavy atom. The van der Waals surface area contributed by atoms with Gasteiger partial charge in [-0.25, -0.2) is 4.57 Å². The van der Waals surface area contributed by atoms with Crippen LogP contribution in [0.15, 0.2) is 0 Å². The van der Waals surface area contributed by atoms with Crippen molar-refractivity contribution in [2.24, 2.45) is 0 Å². The van der Waals surface area contributed by atoms with Gasteiger partial charge in [0.25, 0.3) is 0 Å². The molecule has 4 nitrogen and oxygen atoms in total. The molecule has 0 aromatic rings. The van der Waals surface area contributed by atoms with Crippen molar-refractivity contribution in [3.8, 4) is 0 Å². The van der Waals surface area contributed by atoms with Gasteiger partial charge in [-0.3, -0.25) is 4.52 Å². The third kappa shape index (κ3) is 23.6. The summed E-state index contributed by atoms with van der Waals surface area (Å²) in [5, 5.41) is 0. The fourth-order valence-corrected chi connectivity index (χ4v) is 2.85. The Morgan fingerprint density at radius 1 is 0.682 bits per heavy atom. The first-order valence-corrected chi connectivity index (χ1v) is 10.3. The maximum absolute atomic E-state index is 10.4. The molecule has 0 aliphatic rings. The Bertz CT molecular complexity index is 259. The average molecular weight is 363 g/mol. The van der Waals surface area contributed by atoms with E-state index < -0.39 is 7.82 Å². The van der Waals surface area contributed by atoms with E-state index in [-0.39, 0.29) is 44.3 Å². The first-order valence-electron chi connectivity index (χ1n) is 8.76. The van der Waals surface area contributed by atoms with E-state index in [2.05, 4.69) is 11.4 Å². The van der Waals surface area contributed by atoms with Crippen LogP contribution in [0.4, 0.5) is 0 Å². The van der Waals surface area contributed by atoms with Crippen molar-refractivity contribution in [3.63, 3.8) is 0 Å². The molecule has 6 heteroatoms. The third-order valence-corrected chi connectivity index (χ3v) is 4.28. The second kappa shape index (κ2) is 18.7. The summed E-state index contributed by atoms with van der Waals surface area (Å²) in [7, 11) is -4.25. The quantitative estimate of drug-likeness (QED) is 0.225. The van der Waals surface area contributed by atoms with E-state index in [1.807, 2.05) is 0 Å². The monoisotopic (exact) mass is 362 g/mol. The van der Waals surface area contributed by atoms with Gasteiger partial charge in [0.2, 0.25) is 0 Å². The normalized spacial score (nSPS) is 11.4. The first-order chi connectivity index (χ1) is 10.1. The Morgan fingerprint density at radius 3 is 1.32 bits per heavy atom. The van der Waals surface area contributed by atoms with Gasteiger partial charge in [0.1, 0.15) is 0 Å². The van der Waals surface area contributed by atoms with Gasteiger partial charge in [0.05, 0.1) is 6.61 Å². The molecule has 0 heterocycles. The van der Waals surface area contributed by atoms with Gasteiger partial charge in [0.15, 0.2) is 0 Å². The van der Waals surface area contributed by atoms with Crippen molar-refractivity contribution in [2.75, 3.05) is 6.61 Å². The number of phosphoric acid groups is 1. The maximum atomic E-state index is 10.4. The minimum Gasteiger partial charge on any atom is -0.303 e. The van der Waals surface area contributed by atoms with Crippen molar-refractivity contribution in [1.29, 1.82) is 0 Å². The zero-order valence-electron chi connectivity index (χ0n) is 14.5. The molecular weight excluding hydrogens is 327 g/mol. The Kier molecular flexibility index (Phi) is 21.8. The fraction of sp³-hybridized carbons (Fsp3) is 1.00. The van der Waals surface area contributed by atoms with E-state index >= 15 is 0 Å². The molecular formula is C16H35CaO4P. The molecule has 22 heavy (non-hydrogen) atoms. The summed E-state index contributed by atoms with van der Waals surface area (Å²) >= 11 is 0. The van der Waals surface area contributed by atoms with Crippen molar-refractivity contribution >= 4 is 45.6 Å². The van der Waals surface area contributed by atoms with Crippen LogP contribution in [-0.2, 0) is 9.09 Å². The van der Waals surface area contributed by atoms with Gasteiger partial charge in [-0.2, -0.15) is 0 Å². The van der Waals surface area contributed by atoms with Crippen LogP contribution in [-0.4, -0.2) is 54.1 Å².